The lowest BCUT2D eigenvalue weighted by Gasteiger charge is -1.95. The molecule has 0 atom stereocenters. The molecule has 0 unspecified atom stereocenters. The van der Waals surface area contributed by atoms with Gasteiger partial charge in [-0.05, 0) is 35.0 Å². The third-order valence-electron chi connectivity index (χ3n) is 2.21. The summed E-state index contributed by atoms with van der Waals surface area (Å²) in [5.74, 6) is -0.424. The number of aromatic nitrogens is 2. The molecule has 19 heavy (non-hydrogen) atoms. The van der Waals surface area contributed by atoms with Gasteiger partial charge in [0.15, 0.2) is 10.8 Å². The summed E-state index contributed by atoms with van der Waals surface area (Å²) in [6, 6.07) is 2.92. The third-order valence-corrected chi connectivity index (χ3v) is 3.60. The first-order chi connectivity index (χ1) is 9.10. The van der Waals surface area contributed by atoms with E-state index in [1.165, 1.54) is 12.3 Å². The van der Waals surface area contributed by atoms with Crippen molar-refractivity contribution in [2.24, 2.45) is 5.10 Å². The number of nitrogens with zero attached hydrogens (tertiary/aromatic N) is 3. The number of thiophene rings is 1. The van der Waals surface area contributed by atoms with E-state index in [0.29, 0.717) is 15.9 Å². The summed E-state index contributed by atoms with van der Waals surface area (Å²) in [5, 5.41) is 7.55. The van der Waals surface area contributed by atoms with Crippen LogP contribution >= 0.6 is 27.3 Å². The Bertz CT molecular complexity index is 622. The molecule has 2 aromatic rings. The van der Waals surface area contributed by atoms with Gasteiger partial charge in [-0.15, -0.1) is 11.3 Å². The first-order valence-electron chi connectivity index (χ1n) is 5.42. The Balaban J connectivity index is 2.01. The molecule has 0 aliphatic carbocycles. The van der Waals surface area contributed by atoms with Crippen LogP contribution in [0, 0.1) is 5.13 Å². The Labute approximate surface area is 121 Å². The second-order valence-corrected chi connectivity index (χ2v) is 5.44. The van der Waals surface area contributed by atoms with Crippen molar-refractivity contribution in [1.82, 2.24) is 15.2 Å². The highest BCUT2D eigenvalue weighted by molar-refractivity contribution is 9.10. The fraction of sp³-hybridized carbons (Fsp3) is 0.182. The summed E-state index contributed by atoms with van der Waals surface area (Å²) in [7, 11) is 0. The number of carbonyl (C=O) groups excluding carboxylic acids is 1. The van der Waals surface area contributed by atoms with E-state index in [1.54, 1.807) is 16.9 Å². The molecule has 0 aliphatic rings. The predicted molar refractivity (Wildman–Crippen MR) is 74.9 cm³/mol. The number of halogens is 2. The van der Waals surface area contributed by atoms with Crippen LogP contribution in [0.3, 0.4) is 0 Å². The van der Waals surface area contributed by atoms with Gasteiger partial charge in [-0.3, -0.25) is 9.48 Å². The first kappa shape index (κ1) is 13.9. The number of rotatable bonds is 4. The van der Waals surface area contributed by atoms with Crippen molar-refractivity contribution in [2.45, 2.75) is 13.5 Å². The lowest BCUT2D eigenvalue weighted by Crippen LogP contribution is -2.19. The number of hydrogen-bond donors (Lipinski definition) is 1. The first-order valence-corrected chi connectivity index (χ1v) is 7.02. The van der Waals surface area contributed by atoms with Gasteiger partial charge in [-0.1, -0.05) is 0 Å². The topological polar surface area (TPSA) is 59.3 Å². The molecule has 2 aromatic heterocycles. The Morgan fingerprint density at radius 3 is 3.05 bits per heavy atom. The van der Waals surface area contributed by atoms with E-state index in [9.17, 15) is 9.18 Å². The lowest BCUT2D eigenvalue weighted by atomic mass is 10.4. The zero-order valence-corrected chi connectivity index (χ0v) is 12.3. The second kappa shape index (κ2) is 6.07. The Morgan fingerprint density at radius 2 is 2.47 bits per heavy atom. The van der Waals surface area contributed by atoms with Crippen LogP contribution in [0.15, 0.2) is 27.9 Å². The average molecular weight is 345 g/mol. The molecule has 0 saturated carbocycles. The number of amides is 1. The summed E-state index contributed by atoms with van der Waals surface area (Å²) in [6.07, 6.45) is 3.10. The van der Waals surface area contributed by atoms with Gasteiger partial charge < -0.3 is 0 Å². The van der Waals surface area contributed by atoms with E-state index in [-0.39, 0.29) is 10.8 Å². The number of nitrogens with one attached hydrogen (secondary N) is 1. The molecule has 1 amide bonds. The normalized spacial score (nSPS) is 11.1. The molecular weight excluding hydrogens is 335 g/mol. The zero-order chi connectivity index (χ0) is 13.8. The van der Waals surface area contributed by atoms with Crippen molar-refractivity contribution in [1.29, 1.82) is 0 Å². The van der Waals surface area contributed by atoms with Crippen LogP contribution in [-0.2, 0) is 6.54 Å². The molecule has 1 N–H and O–H groups in total. The summed E-state index contributed by atoms with van der Waals surface area (Å²) >= 11 is 4.20. The lowest BCUT2D eigenvalue weighted by molar-refractivity contribution is 0.0948. The van der Waals surface area contributed by atoms with E-state index < -0.39 is 5.91 Å². The number of aryl methyl sites for hydroxylation is 1. The van der Waals surface area contributed by atoms with Gasteiger partial charge in [-0.25, -0.2) is 5.43 Å². The van der Waals surface area contributed by atoms with Crippen LogP contribution in [0.5, 0.6) is 0 Å². The molecule has 0 fully saturated rings. The van der Waals surface area contributed by atoms with Crippen molar-refractivity contribution >= 4 is 39.4 Å². The van der Waals surface area contributed by atoms with E-state index in [4.69, 9.17) is 0 Å². The summed E-state index contributed by atoms with van der Waals surface area (Å²) in [6.45, 7) is 2.59. The fourth-order valence-electron chi connectivity index (χ4n) is 1.32. The van der Waals surface area contributed by atoms with E-state index in [1.807, 2.05) is 6.92 Å². The third kappa shape index (κ3) is 3.48. The van der Waals surface area contributed by atoms with Crippen molar-refractivity contribution in [3.05, 3.63) is 38.5 Å². The van der Waals surface area contributed by atoms with Gasteiger partial charge in [-0.2, -0.15) is 14.6 Å². The predicted octanol–water partition coefficient (Wildman–Crippen LogP) is 2.63. The maximum absolute atomic E-state index is 12.7. The van der Waals surface area contributed by atoms with Crippen molar-refractivity contribution in [2.75, 3.05) is 0 Å². The Kier molecular flexibility index (Phi) is 4.43. The van der Waals surface area contributed by atoms with Gasteiger partial charge >= 0.3 is 0 Å². The molecule has 0 radical (unpaired) electrons. The van der Waals surface area contributed by atoms with Gasteiger partial charge in [0.05, 0.1) is 15.6 Å². The van der Waals surface area contributed by atoms with Crippen molar-refractivity contribution in [3.8, 4) is 0 Å². The minimum absolute atomic E-state index is 0.261. The molecule has 0 aromatic carbocycles. The van der Waals surface area contributed by atoms with E-state index >= 15 is 0 Å². The largest absolute Gasteiger partial charge is 0.293 e. The van der Waals surface area contributed by atoms with Crippen LogP contribution in [0.1, 0.15) is 22.3 Å². The molecule has 2 heterocycles. The molecule has 0 spiro atoms. The molecule has 5 nitrogen and oxygen atoms in total. The van der Waals surface area contributed by atoms with Crippen LogP contribution < -0.4 is 5.43 Å². The van der Waals surface area contributed by atoms with Crippen molar-refractivity contribution in [3.63, 3.8) is 0 Å². The molecule has 0 aliphatic heterocycles. The monoisotopic (exact) mass is 344 g/mol. The molecule has 0 saturated heterocycles. The number of carbonyl (C=O) groups is 1. The Hall–Kier alpha value is -1.54. The molecule has 8 heteroatoms. The van der Waals surface area contributed by atoms with Crippen LogP contribution in [0.2, 0.25) is 0 Å². The standard InChI is InChI=1S/C11H10BrFN4OS/c1-2-17-6-8(12)10(16-17)11(18)15-14-5-7-3-4-9(13)19-7/h3-6H,2H2,1H3,(H,15,18). The second-order valence-electron chi connectivity index (χ2n) is 3.52. The van der Waals surface area contributed by atoms with Gasteiger partial charge in [0.1, 0.15) is 0 Å². The molecule has 0 bridgehead atoms. The highest BCUT2D eigenvalue weighted by Crippen LogP contribution is 2.15. The molecular formula is C11H10BrFN4OS. The van der Waals surface area contributed by atoms with Crippen molar-refractivity contribution < 1.29 is 9.18 Å². The maximum Gasteiger partial charge on any atom is 0.293 e. The minimum atomic E-state index is -0.424. The SMILES string of the molecule is CCn1cc(Br)c(C(=O)NN=Cc2ccc(F)s2)n1. The smallest absolute Gasteiger partial charge is 0.271 e. The fourth-order valence-corrected chi connectivity index (χ4v) is 2.42. The summed E-state index contributed by atoms with van der Waals surface area (Å²) in [5.41, 5.74) is 2.60. The highest BCUT2D eigenvalue weighted by atomic mass is 79.9. The number of hydrogen-bond acceptors (Lipinski definition) is 4. The summed E-state index contributed by atoms with van der Waals surface area (Å²) < 4.78 is 15.0. The zero-order valence-electron chi connectivity index (χ0n) is 9.93. The van der Waals surface area contributed by atoms with Gasteiger partial charge in [0, 0.05) is 12.7 Å². The average Bonchev–Trinajstić information content (AvgIpc) is 2.95. The van der Waals surface area contributed by atoms with Crippen LogP contribution in [-0.4, -0.2) is 21.9 Å². The molecule has 2 rings (SSSR count). The maximum atomic E-state index is 12.7. The Morgan fingerprint density at radius 1 is 1.68 bits per heavy atom. The highest BCUT2D eigenvalue weighted by Gasteiger charge is 2.13. The van der Waals surface area contributed by atoms with Gasteiger partial charge in [0.2, 0.25) is 0 Å². The van der Waals surface area contributed by atoms with E-state index in [0.717, 1.165) is 11.3 Å². The van der Waals surface area contributed by atoms with Crippen LogP contribution in [0.25, 0.3) is 0 Å². The number of hydrazone groups is 1. The van der Waals surface area contributed by atoms with Gasteiger partial charge in [0.25, 0.3) is 5.91 Å². The summed E-state index contributed by atoms with van der Waals surface area (Å²) in [4.78, 5) is 12.4. The quantitative estimate of drug-likeness (QED) is 0.684. The molecule has 100 valence electrons. The van der Waals surface area contributed by atoms with E-state index in [2.05, 4.69) is 31.6 Å². The van der Waals surface area contributed by atoms with Crippen LogP contribution in [0.4, 0.5) is 4.39 Å². The minimum Gasteiger partial charge on any atom is -0.271 e.